The maximum atomic E-state index is 12.2. The standard InChI is InChI=1S/C14H19NO4/c1-9(2)12(14(17)18)13(16)15(3)10-6-5-7-11(8-10)19-4/h5-9,12H,1-4H3,(H,17,18). The fourth-order valence-corrected chi connectivity index (χ4v) is 1.83. The summed E-state index contributed by atoms with van der Waals surface area (Å²) in [7, 11) is 3.10. The van der Waals surface area contributed by atoms with Crippen LogP contribution in [0.2, 0.25) is 0 Å². The van der Waals surface area contributed by atoms with Gasteiger partial charge in [0.2, 0.25) is 5.91 Å². The summed E-state index contributed by atoms with van der Waals surface area (Å²) in [5.74, 6) is -2.23. The predicted molar refractivity (Wildman–Crippen MR) is 72.4 cm³/mol. The lowest BCUT2D eigenvalue weighted by atomic mass is 9.94. The summed E-state index contributed by atoms with van der Waals surface area (Å²) in [6.07, 6.45) is 0. The normalized spacial score (nSPS) is 12.1. The minimum atomic E-state index is -1.10. The number of rotatable bonds is 5. The Kier molecular flexibility index (Phi) is 4.92. The Balaban J connectivity index is 3.00. The van der Waals surface area contributed by atoms with E-state index in [4.69, 9.17) is 9.84 Å². The number of aliphatic carboxylic acids is 1. The Morgan fingerprint density at radius 1 is 1.32 bits per heavy atom. The number of ether oxygens (including phenoxy) is 1. The summed E-state index contributed by atoms with van der Waals surface area (Å²) in [5, 5.41) is 9.14. The van der Waals surface area contributed by atoms with Crippen LogP contribution in [0.25, 0.3) is 0 Å². The van der Waals surface area contributed by atoms with E-state index >= 15 is 0 Å². The Bertz CT molecular complexity index is 470. The van der Waals surface area contributed by atoms with Gasteiger partial charge in [0.15, 0.2) is 0 Å². The average molecular weight is 265 g/mol. The number of carboxylic acids is 1. The fourth-order valence-electron chi connectivity index (χ4n) is 1.83. The minimum Gasteiger partial charge on any atom is -0.497 e. The van der Waals surface area contributed by atoms with Crippen molar-refractivity contribution in [3.8, 4) is 5.75 Å². The van der Waals surface area contributed by atoms with Gasteiger partial charge >= 0.3 is 5.97 Å². The summed E-state index contributed by atoms with van der Waals surface area (Å²) in [6.45, 7) is 3.44. The number of nitrogens with zero attached hydrogens (tertiary/aromatic N) is 1. The van der Waals surface area contributed by atoms with Crippen LogP contribution in [0, 0.1) is 11.8 Å². The zero-order chi connectivity index (χ0) is 14.6. The molecule has 19 heavy (non-hydrogen) atoms. The van der Waals surface area contributed by atoms with Gasteiger partial charge in [-0.25, -0.2) is 0 Å². The van der Waals surface area contributed by atoms with Gasteiger partial charge in [-0.1, -0.05) is 19.9 Å². The van der Waals surface area contributed by atoms with E-state index in [-0.39, 0.29) is 5.92 Å². The molecular formula is C14H19NO4. The van der Waals surface area contributed by atoms with Crippen LogP contribution in [0.4, 0.5) is 5.69 Å². The van der Waals surface area contributed by atoms with Gasteiger partial charge in [0.05, 0.1) is 7.11 Å². The predicted octanol–water partition coefficient (Wildman–Crippen LogP) is 2.01. The molecule has 0 fully saturated rings. The van der Waals surface area contributed by atoms with Gasteiger partial charge in [0, 0.05) is 18.8 Å². The number of carbonyl (C=O) groups is 2. The van der Waals surface area contributed by atoms with Crippen molar-refractivity contribution in [1.82, 2.24) is 0 Å². The Hall–Kier alpha value is -2.04. The molecule has 0 saturated carbocycles. The number of hydrogen-bond acceptors (Lipinski definition) is 3. The maximum absolute atomic E-state index is 12.2. The van der Waals surface area contributed by atoms with Crippen LogP contribution in [0.15, 0.2) is 24.3 Å². The number of amides is 1. The molecular weight excluding hydrogens is 246 g/mol. The lowest BCUT2D eigenvalue weighted by molar-refractivity contribution is -0.147. The molecule has 0 aliphatic carbocycles. The first-order valence-electron chi connectivity index (χ1n) is 6.03. The van der Waals surface area contributed by atoms with Crippen LogP contribution in [0.3, 0.4) is 0 Å². The van der Waals surface area contributed by atoms with E-state index < -0.39 is 17.8 Å². The van der Waals surface area contributed by atoms with Gasteiger partial charge in [-0.3, -0.25) is 9.59 Å². The van der Waals surface area contributed by atoms with E-state index in [1.807, 2.05) is 0 Å². The van der Waals surface area contributed by atoms with Crippen molar-refractivity contribution in [2.75, 3.05) is 19.1 Å². The van der Waals surface area contributed by atoms with Crippen LogP contribution in [-0.4, -0.2) is 31.1 Å². The number of carbonyl (C=O) groups excluding carboxylic acids is 1. The average Bonchev–Trinajstić information content (AvgIpc) is 2.37. The molecule has 104 valence electrons. The summed E-state index contributed by atoms with van der Waals surface area (Å²) in [4.78, 5) is 24.7. The molecule has 1 rings (SSSR count). The number of carboxylic acid groups (broad SMARTS) is 1. The SMILES string of the molecule is COc1cccc(N(C)C(=O)C(C(=O)O)C(C)C)c1. The third kappa shape index (κ3) is 3.47. The van der Waals surface area contributed by atoms with Crippen LogP contribution in [-0.2, 0) is 9.59 Å². The summed E-state index contributed by atoms with van der Waals surface area (Å²) in [6, 6.07) is 6.94. The van der Waals surface area contributed by atoms with Crippen molar-refractivity contribution in [1.29, 1.82) is 0 Å². The largest absolute Gasteiger partial charge is 0.497 e. The van der Waals surface area contributed by atoms with E-state index in [1.165, 1.54) is 12.0 Å². The summed E-state index contributed by atoms with van der Waals surface area (Å²) >= 11 is 0. The molecule has 0 heterocycles. The first kappa shape index (κ1) is 15.0. The molecule has 0 aliphatic heterocycles. The minimum absolute atomic E-state index is 0.266. The van der Waals surface area contributed by atoms with Crippen molar-refractivity contribution < 1.29 is 19.4 Å². The summed E-state index contributed by atoms with van der Waals surface area (Å²) < 4.78 is 5.09. The molecule has 0 saturated heterocycles. The third-order valence-electron chi connectivity index (χ3n) is 2.97. The quantitative estimate of drug-likeness (QED) is 0.827. The fraction of sp³-hybridized carbons (Fsp3) is 0.429. The van der Waals surface area contributed by atoms with Gasteiger partial charge < -0.3 is 14.7 Å². The molecule has 0 bridgehead atoms. The van der Waals surface area contributed by atoms with E-state index in [1.54, 1.807) is 45.2 Å². The van der Waals surface area contributed by atoms with E-state index in [0.717, 1.165) is 0 Å². The van der Waals surface area contributed by atoms with Crippen molar-refractivity contribution in [3.63, 3.8) is 0 Å². The molecule has 0 aromatic heterocycles. The van der Waals surface area contributed by atoms with Crippen molar-refractivity contribution in [3.05, 3.63) is 24.3 Å². The van der Waals surface area contributed by atoms with E-state index in [2.05, 4.69) is 0 Å². The highest BCUT2D eigenvalue weighted by molar-refractivity contribution is 6.05. The number of anilines is 1. The van der Waals surface area contributed by atoms with Gasteiger partial charge in [-0.15, -0.1) is 0 Å². The highest BCUT2D eigenvalue weighted by Gasteiger charge is 2.32. The Labute approximate surface area is 112 Å². The monoisotopic (exact) mass is 265 g/mol. The van der Waals surface area contributed by atoms with E-state index in [0.29, 0.717) is 11.4 Å². The van der Waals surface area contributed by atoms with Gasteiger partial charge in [0.25, 0.3) is 0 Å². The first-order valence-corrected chi connectivity index (χ1v) is 6.03. The molecule has 1 unspecified atom stereocenters. The third-order valence-corrected chi connectivity index (χ3v) is 2.97. The van der Waals surface area contributed by atoms with Gasteiger partial charge in [0.1, 0.15) is 11.7 Å². The van der Waals surface area contributed by atoms with Crippen LogP contribution >= 0.6 is 0 Å². The van der Waals surface area contributed by atoms with Gasteiger partial charge in [-0.05, 0) is 18.1 Å². The molecule has 0 aliphatic rings. The molecule has 1 amide bonds. The molecule has 5 heteroatoms. The van der Waals surface area contributed by atoms with Crippen LogP contribution in [0.5, 0.6) is 5.75 Å². The maximum Gasteiger partial charge on any atom is 0.316 e. The van der Waals surface area contributed by atoms with Gasteiger partial charge in [-0.2, -0.15) is 0 Å². The zero-order valence-electron chi connectivity index (χ0n) is 11.6. The van der Waals surface area contributed by atoms with Crippen LogP contribution < -0.4 is 9.64 Å². The molecule has 0 spiro atoms. The van der Waals surface area contributed by atoms with Crippen molar-refractivity contribution in [2.45, 2.75) is 13.8 Å². The van der Waals surface area contributed by atoms with Crippen molar-refractivity contribution in [2.24, 2.45) is 11.8 Å². The van der Waals surface area contributed by atoms with E-state index in [9.17, 15) is 9.59 Å². The highest BCUT2D eigenvalue weighted by atomic mass is 16.5. The molecule has 1 atom stereocenters. The lowest BCUT2D eigenvalue weighted by Crippen LogP contribution is -2.39. The molecule has 1 N–H and O–H groups in total. The Morgan fingerprint density at radius 2 is 1.95 bits per heavy atom. The Morgan fingerprint density at radius 3 is 2.42 bits per heavy atom. The smallest absolute Gasteiger partial charge is 0.316 e. The molecule has 1 aromatic carbocycles. The number of benzene rings is 1. The number of hydrogen-bond donors (Lipinski definition) is 1. The second-order valence-electron chi connectivity index (χ2n) is 4.66. The summed E-state index contributed by atoms with van der Waals surface area (Å²) in [5.41, 5.74) is 0.608. The molecule has 0 radical (unpaired) electrons. The second kappa shape index (κ2) is 6.22. The molecule has 1 aromatic rings. The lowest BCUT2D eigenvalue weighted by Gasteiger charge is -2.23. The first-order chi connectivity index (χ1) is 8.88. The second-order valence-corrected chi connectivity index (χ2v) is 4.66. The zero-order valence-corrected chi connectivity index (χ0v) is 11.6. The van der Waals surface area contributed by atoms with Crippen LogP contribution in [0.1, 0.15) is 13.8 Å². The highest BCUT2D eigenvalue weighted by Crippen LogP contribution is 2.23. The number of methoxy groups -OCH3 is 1. The topological polar surface area (TPSA) is 66.8 Å². The molecule has 5 nitrogen and oxygen atoms in total. The van der Waals surface area contributed by atoms with Crippen molar-refractivity contribution >= 4 is 17.6 Å².